The van der Waals surface area contributed by atoms with Crippen molar-refractivity contribution in [3.05, 3.63) is 11.6 Å². The smallest absolute Gasteiger partial charge is 0.331 e. The van der Waals surface area contributed by atoms with Crippen molar-refractivity contribution in [2.24, 2.45) is 5.92 Å². The van der Waals surface area contributed by atoms with Crippen molar-refractivity contribution >= 4 is 11.9 Å². The van der Waals surface area contributed by atoms with Crippen molar-refractivity contribution in [3.8, 4) is 0 Å². The molecule has 0 aromatic carbocycles. The summed E-state index contributed by atoms with van der Waals surface area (Å²) in [5.41, 5.74) is 0.150. The fourth-order valence-electron chi connectivity index (χ4n) is 3.63. The van der Waals surface area contributed by atoms with E-state index in [2.05, 4.69) is 13.8 Å². The highest BCUT2D eigenvalue weighted by Gasteiger charge is 2.14. The first-order valence-electron chi connectivity index (χ1n) is 12.5. The van der Waals surface area contributed by atoms with Crippen LogP contribution in [0.25, 0.3) is 0 Å². The molecule has 0 saturated heterocycles. The van der Waals surface area contributed by atoms with Gasteiger partial charge < -0.3 is 9.84 Å². The van der Waals surface area contributed by atoms with Gasteiger partial charge in [0.15, 0.2) is 0 Å². The number of carbonyl (C=O) groups is 2. The third-order valence-corrected chi connectivity index (χ3v) is 5.66. The van der Waals surface area contributed by atoms with Gasteiger partial charge in [-0.25, -0.2) is 9.59 Å². The Kier molecular flexibility index (Phi) is 18.8. The van der Waals surface area contributed by atoms with E-state index in [-0.39, 0.29) is 11.7 Å². The molecule has 0 fully saturated rings. The van der Waals surface area contributed by atoms with E-state index in [4.69, 9.17) is 4.74 Å². The molecule has 0 spiro atoms. The van der Waals surface area contributed by atoms with Gasteiger partial charge in [-0.1, -0.05) is 98.3 Å². The van der Waals surface area contributed by atoms with E-state index >= 15 is 0 Å². The summed E-state index contributed by atoms with van der Waals surface area (Å²) in [6, 6.07) is 0. The fourth-order valence-corrected chi connectivity index (χ4v) is 3.63. The number of carboxylic acid groups (broad SMARTS) is 1. The quantitative estimate of drug-likeness (QED) is 0.123. The fraction of sp³-hybridized carbons (Fsp3) is 0.846. The Morgan fingerprint density at radius 1 is 0.800 bits per heavy atom. The number of ether oxygens (including phenoxy) is 1. The van der Waals surface area contributed by atoms with E-state index in [9.17, 15) is 14.7 Å². The Hall–Kier alpha value is -1.32. The first-order chi connectivity index (χ1) is 14.4. The second kappa shape index (κ2) is 19.6. The number of hydrogen-bond acceptors (Lipinski definition) is 3. The number of carbonyl (C=O) groups excluding carboxylic acids is 1. The van der Waals surface area contributed by atoms with Crippen molar-refractivity contribution in [3.63, 3.8) is 0 Å². The first-order valence-corrected chi connectivity index (χ1v) is 12.5. The summed E-state index contributed by atoms with van der Waals surface area (Å²) in [6.45, 7) is 8.61. The highest BCUT2D eigenvalue weighted by atomic mass is 16.5. The third-order valence-electron chi connectivity index (χ3n) is 5.66. The Morgan fingerprint density at radius 3 is 1.73 bits per heavy atom. The number of hydrogen-bond donors (Lipinski definition) is 1. The van der Waals surface area contributed by atoms with Crippen LogP contribution >= 0.6 is 0 Å². The molecule has 1 atom stereocenters. The molecule has 0 aliphatic rings. The monoisotopic (exact) mass is 424 g/mol. The molecule has 0 aromatic rings. The lowest BCUT2D eigenvalue weighted by atomic mass is 10.0. The van der Waals surface area contributed by atoms with Crippen molar-refractivity contribution < 1.29 is 19.4 Å². The van der Waals surface area contributed by atoms with Gasteiger partial charge in [0.1, 0.15) is 6.10 Å². The Balaban J connectivity index is 3.83. The Labute approximate surface area is 185 Å². The van der Waals surface area contributed by atoms with E-state index in [0.29, 0.717) is 6.42 Å². The van der Waals surface area contributed by atoms with Gasteiger partial charge in [-0.05, 0) is 38.0 Å². The molecule has 1 N–H and O–H groups in total. The van der Waals surface area contributed by atoms with E-state index in [1.54, 1.807) is 0 Å². The predicted octanol–water partition coefficient (Wildman–Crippen LogP) is 7.85. The second-order valence-electron chi connectivity index (χ2n) is 9.05. The van der Waals surface area contributed by atoms with Crippen LogP contribution < -0.4 is 0 Å². The molecule has 4 heteroatoms. The van der Waals surface area contributed by atoms with Crippen LogP contribution in [-0.2, 0) is 14.3 Å². The summed E-state index contributed by atoms with van der Waals surface area (Å²) in [5.74, 6) is -0.696. The molecule has 0 amide bonds. The van der Waals surface area contributed by atoms with Crippen LogP contribution in [0.1, 0.15) is 130 Å². The summed E-state index contributed by atoms with van der Waals surface area (Å²) < 4.78 is 5.49. The molecule has 0 aliphatic heterocycles. The van der Waals surface area contributed by atoms with Gasteiger partial charge in [0.05, 0.1) is 0 Å². The maximum atomic E-state index is 12.1. The van der Waals surface area contributed by atoms with Crippen LogP contribution in [0, 0.1) is 5.92 Å². The maximum absolute atomic E-state index is 12.1. The highest BCUT2D eigenvalue weighted by Crippen LogP contribution is 2.16. The standard InChI is InChI=1S/C26H48O4/c1-5-7-19-23(26(28)29)21-25(27)30-24(6-2)20-17-15-13-11-9-8-10-12-14-16-18-22(3)4/h21-22,24H,5-20H2,1-4H3,(H,28,29). The van der Waals surface area contributed by atoms with E-state index in [0.717, 1.165) is 38.0 Å². The zero-order valence-electron chi connectivity index (χ0n) is 20.2. The van der Waals surface area contributed by atoms with Crippen LogP contribution in [0.4, 0.5) is 0 Å². The highest BCUT2D eigenvalue weighted by molar-refractivity contribution is 5.95. The SMILES string of the molecule is CCCCC(=CC(=O)OC(CC)CCCCCCCCCCCCC(C)C)C(=O)O. The van der Waals surface area contributed by atoms with Crippen molar-refractivity contribution in [1.29, 1.82) is 0 Å². The Morgan fingerprint density at radius 2 is 1.30 bits per heavy atom. The minimum atomic E-state index is -1.02. The van der Waals surface area contributed by atoms with Crippen molar-refractivity contribution in [2.45, 2.75) is 137 Å². The lowest BCUT2D eigenvalue weighted by molar-refractivity contribution is -0.144. The summed E-state index contributed by atoms with van der Waals surface area (Å²) in [7, 11) is 0. The van der Waals surface area contributed by atoms with Crippen LogP contribution in [0.3, 0.4) is 0 Å². The van der Waals surface area contributed by atoms with Gasteiger partial charge in [-0.2, -0.15) is 0 Å². The minimum Gasteiger partial charge on any atom is -0.478 e. The minimum absolute atomic E-state index is 0.110. The molecule has 4 nitrogen and oxygen atoms in total. The van der Waals surface area contributed by atoms with Crippen molar-refractivity contribution in [1.82, 2.24) is 0 Å². The van der Waals surface area contributed by atoms with Gasteiger partial charge in [0.2, 0.25) is 0 Å². The lowest BCUT2D eigenvalue weighted by Gasteiger charge is -2.15. The molecule has 1 unspecified atom stereocenters. The second-order valence-corrected chi connectivity index (χ2v) is 9.05. The maximum Gasteiger partial charge on any atom is 0.331 e. The van der Waals surface area contributed by atoms with E-state index < -0.39 is 11.9 Å². The topological polar surface area (TPSA) is 63.6 Å². The average molecular weight is 425 g/mol. The van der Waals surface area contributed by atoms with Crippen LogP contribution in [0.2, 0.25) is 0 Å². The Bertz CT molecular complexity index is 468. The van der Waals surface area contributed by atoms with Gasteiger partial charge in [-0.15, -0.1) is 0 Å². The molecular formula is C26H48O4. The van der Waals surface area contributed by atoms with Gasteiger partial charge in [0, 0.05) is 11.6 Å². The van der Waals surface area contributed by atoms with Crippen LogP contribution in [-0.4, -0.2) is 23.1 Å². The molecule has 0 bridgehead atoms. The number of unbranched alkanes of at least 4 members (excludes halogenated alkanes) is 10. The predicted molar refractivity (Wildman–Crippen MR) is 126 cm³/mol. The molecule has 0 radical (unpaired) electrons. The van der Waals surface area contributed by atoms with Crippen LogP contribution in [0.15, 0.2) is 11.6 Å². The molecule has 30 heavy (non-hydrogen) atoms. The molecule has 0 heterocycles. The third kappa shape index (κ3) is 17.5. The number of rotatable bonds is 20. The summed E-state index contributed by atoms with van der Waals surface area (Å²) in [4.78, 5) is 23.3. The lowest BCUT2D eigenvalue weighted by Crippen LogP contribution is -2.17. The van der Waals surface area contributed by atoms with E-state index in [1.165, 1.54) is 70.3 Å². The molecule has 176 valence electrons. The average Bonchev–Trinajstić information content (AvgIpc) is 2.70. The molecule has 0 rings (SSSR count). The largest absolute Gasteiger partial charge is 0.478 e. The van der Waals surface area contributed by atoms with Gasteiger partial charge in [0.25, 0.3) is 0 Å². The zero-order valence-corrected chi connectivity index (χ0v) is 20.2. The molecule has 0 saturated carbocycles. The molecule has 0 aliphatic carbocycles. The number of carboxylic acids is 1. The number of aliphatic carboxylic acids is 1. The van der Waals surface area contributed by atoms with Crippen molar-refractivity contribution in [2.75, 3.05) is 0 Å². The first kappa shape index (κ1) is 28.7. The van der Waals surface area contributed by atoms with Crippen LogP contribution in [0.5, 0.6) is 0 Å². The molecule has 0 aromatic heterocycles. The van der Waals surface area contributed by atoms with E-state index in [1.807, 2.05) is 13.8 Å². The summed E-state index contributed by atoms with van der Waals surface area (Å²) in [6.07, 6.45) is 19.1. The number of esters is 1. The summed E-state index contributed by atoms with van der Waals surface area (Å²) >= 11 is 0. The van der Waals surface area contributed by atoms with Gasteiger partial charge in [-0.3, -0.25) is 0 Å². The normalized spacial score (nSPS) is 12.9. The zero-order chi connectivity index (χ0) is 22.6. The molecular weight excluding hydrogens is 376 g/mol. The summed E-state index contributed by atoms with van der Waals surface area (Å²) in [5, 5.41) is 9.20. The van der Waals surface area contributed by atoms with Gasteiger partial charge >= 0.3 is 11.9 Å².